The van der Waals surface area contributed by atoms with E-state index in [4.69, 9.17) is 9.47 Å². The highest BCUT2D eigenvalue weighted by Crippen LogP contribution is 2.28. The van der Waals surface area contributed by atoms with Crippen LogP contribution in [0.1, 0.15) is 30.6 Å². The molecule has 0 saturated heterocycles. The molecule has 0 aromatic heterocycles. The van der Waals surface area contributed by atoms with Gasteiger partial charge in [-0.25, -0.2) is 0 Å². The van der Waals surface area contributed by atoms with E-state index in [9.17, 15) is 9.59 Å². The summed E-state index contributed by atoms with van der Waals surface area (Å²) in [6.07, 6.45) is 0.883. The maximum Gasteiger partial charge on any atom is 0.269 e. The number of amides is 2. The van der Waals surface area contributed by atoms with Crippen LogP contribution in [-0.4, -0.2) is 25.5 Å². The summed E-state index contributed by atoms with van der Waals surface area (Å²) in [6.45, 7) is 3.89. The smallest absolute Gasteiger partial charge is 0.269 e. The Morgan fingerprint density at radius 3 is 2.53 bits per heavy atom. The van der Waals surface area contributed by atoms with Gasteiger partial charge in [0.25, 0.3) is 5.91 Å². The maximum absolute atomic E-state index is 11.7. The predicted molar refractivity (Wildman–Crippen MR) is 70.1 cm³/mol. The van der Waals surface area contributed by atoms with E-state index in [1.165, 1.54) is 14.0 Å². The fraction of sp³-hybridized carbons (Fsp3) is 0.385. The summed E-state index contributed by atoms with van der Waals surface area (Å²) in [6, 6.07) is 4.82. The molecule has 0 bridgehead atoms. The lowest BCUT2D eigenvalue weighted by Gasteiger charge is -2.11. The SMILES string of the molecule is CCCOc1ccc(C(=O)NNC(C)=O)cc1OC. The summed E-state index contributed by atoms with van der Waals surface area (Å²) >= 11 is 0. The van der Waals surface area contributed by atoms with Crippen LogP contribution in [0.3, 0.4) is 0 Å². The highest BCUT2D eigenvalue weighted by molar-refractivity contribution is 5.95. The lowest BCUT2D eigenvalue weighted by molar-refractivity contribution is -0.119. The minimum Gasteiger partial charge on any atom is -0.493 e. The maximum atomic E-state index is 11.7. The van der Waals surface area contributed by atoms with E-state index in [2.05, 4.69) is 10.9 Å². The molecule has 0 radical (unpaired) electrons. The lowest BCUT2D eigenvalue weighted by atomic mass is 10.2. The van der Waals surface area contributed by atoms with Crippen molar-refractivity contribution < 1.29 is 19.1 Å². The van der Waals surface area contributed by atoms with Crippen LogP contribution in [0.25, 0.3) is 0 Å². The van der Waals surface area contributed by atoms with Gasteiger partial charge in [-0.05, 0) is 24.6 Å². The van der Waals surface area contributed by atoms with E-state index in [0.29, 0.717) is 23.7 Å². The quantitative estimate of drug-likeness (QED) is 0.787. The van der Waals surface area contributed by atoms with Crippen LogP contribution >= 0.6 is 0 Å². The second-order valence-electron chi connectivity index (χ2n) is 3.85. The molecule has 0 aliphatic rings. The van der Waals surface area contributed by atoms with Crippen LogP contribution in [0.15, 0.2) is 18.2 Å². The topological polar surface area (TPSA) is 76.7 Å². The molecule has 6 nitrogen and oxygen atoms in total. The molecule has 0 aliphatic heterocycles. The summed E-state index contributed by atoms with van der Waals surface area (Å²) in [4.78, 5) is 22.4. The second-order valence-corrected chi connectivity index (χ2v) is 3.85. The van der Waals surface area contributed by atoms with Crippen LogP contribution in [0.4, 0.5) is 0 Å². The van der Waals surface area contributed by atoms with Crippen molar-refractivity contribution >= 4 is 11.8 Å². The summed E-state index contributed by atoms with van der Waals surface area (Å²) in [7, 11) is 1.50. The van der Waals surface area contributed by atoms with E-state index in [-0.39, 0.29) is 5.91 Å². The van der Waals surface area contributed by atoms with Crippen LogP contribution in [0.5, 0.6) is 11.5 Å². The normalized spacial score (nSPS) is 9.63. The Balaban J connectivity index is 2.80. The van der Waals surface area contributed by atoms with Gasteiger partial charge in [0.15, 0.2) is 11.5 Å². The zero-order valence-electron chi connectivity index (χ0n) is 11.3. The average Bonchev–Trinajstić information content (AvgIpc) is 2.42. The number of carbonyl (C=O) groups excluding carboxylic acids is 2. The van der Waals surface area contributed by atoms with Gasteiger partial charge >= 0.3 is 0 Å². The van der Waals surface area contributed by atoms with Gasteiger partial charge in [-0.15, -0.1) is 0 Å². The van der Waals surface area contributed by atoms with Crippen LogP contribution in [0.2, 0.25) is 0 Å². The van der Waals surface area contributed by atoms with Crippen LogP contribution in [0, 0.1) is 0 Å². The van der Waals surface area contributed by atoms with Gasteiger partial charge in [0.05, 0.1) is 13.7 Å². The zero-order chi connectivity index (χ0) is 14.3. The van der Waals surface area contributed by atoms with Crippen LogP contribution in [-0.2, 0) is 4.79 Å². The number of hydrazine groups is 1. The number of methoxy groups -OCH3 is 1. The zero-order valence-corrected chi connectivity index (χ0v) is 11.3. The third kappa shape index (κ3) is 4.50. The number of carbonyl (C=O) groups is 2. The molecule has 0 spiro atoms. The number of hydrogen-bond donors (Lipinski definition) is 2. The number of ether oxygens (including phenoxy) is 2. The van der Waals surface area contributed by atoms with E-state index in [1.807, 2.05) is 6.92 Å². The van der Waals surface area contributed by atoms with Gasteiger partial charge in [0.1, 0.15) is 0 Å². The Bertz CT molecular complexity index is 460. The van der Waals surface area contributed by atoms with Gasteiger partial charge in [-0.2, -0.15) is 0 Å². The third-order valence-electron chi connectivity index (χ3n) is 2.24. The molecular weight excluding hydrogens is 248 g/mol. The molecule has 104 valence electrons. The second kappa shape index (κ2) is 7.25. The van der Waals surface area contributed by atoms with E-state index in [0.717, 1.165) is 6.42 Å². The van der Waals surface area contributed by atoms with Crippen molar-refractivity contribution in [1.82, 2.24) is 10.9 Å². The Kier molecular flexibility index (Phi) is 5.66. The largest absolute Gasteiger partial charge is 0.493 e. The lowest BCUT2D eigenvalue weighted by Crippen LogP contribution is -2.40. The molecule has 19 heavy (non-hydrogen) atoms. The molecule has 0 heterocycles. The van der Waals surface area contributed by atoms with Crippen molar-refractivity contribution in [2.75, 3.05) is 13.7 Å². The fourth-order valence-electron chi connectivity index (χ4n) is 1.36. The first-order chi connectivity index (χ1) is 9.08. The van der Waals surface area contributed by atoms with Crippen LogP contribution < -0.4 is 20.3 Å². The van der Waals surface area contributed by atoms with Gasteiger partial charge in [-0.3, -0.25) is 20.4 Å². The average molecular weight is 266 g/mol. The summed E-state index contributed by atoms with van der Waals surface area (Å²) in [5, 5.41) is 0. The molecule has 0 fully saturated rings. The van der Waals surface area contributed by atoms with Crippen molar-refractivity contribution in [3.63, 3.8) is 0 Å². The minimum atomic E-state index is -0.421. The number of benzene rings is 1. The predicted octanol–water partition coefficient (Wildman–Crippen LogP) is 1.26. The first kappa shape index (κ1) is 14.8. The summed E-state index contributed by atoms with van der Waals surface area (Å²) in [5.41, 5.74) is 4.87. The standard InChI is InChI=1S/C13H18N2O4/c1-4-7-19-11-6-5-10(8-12(11)18-3)13(17)15-14-9(2)16/h5-6,8H,4,7H2,1-3H3,(H,14,16)(H,15,17). The van der Waals surface area contributed by atoms with E-state index >= 15 is 0 Å². The van der Waals surface area contributed by atoms with Crippen molar-refractivity contribution in [2.24, 2.45) is 0 Å². The number of nitrogens with one attached hydrogen (secondary N) is 2. The van der Waals surface area contributed by atoms with Crippen molar-refractivity contribution in [1.29, 1.82) is 0 Å². The van der Waals surface area contributed by atoms with E-state index in [1.54, 1.807) is 18.2 Å². The molecule has 1 aromatic carbocycles. The fourth-order valence-corrected chi connectivity index (χ4v) is 1.36. The molecule has 0 unspecified atom stereocenters. The molecule has 2 N–H and O–H groups in total. The molecule has 0 saturated carbocycles. The molecule has 0 atom stereocenters. The van der Waals surface area contributed by atoms with Gasteiger partial charge in [-0.1, -0.05) is 6.92 Å². The Hall–Kier alpha value is -2.24. The van der Waals surface area contributed by atoms with Gasteiger partial charge < -0.3 is 9.47 Å². The molecule has 1 aromatic rings. The van der Waals surface area contributed by atoms with Crippen molar-refractivity contribution in [3.05, 3.63) is 23.8 Å². The van der Waals surface area contributed by atoms with Crippen molar-refractivity contribution in [2.45, 2.75) is 20.3 Å². The van der Waals surface area contributed by atoms with Gasteiger partial charge in [0.2, 0.25) is 5.91 Å². The highest BCUT2D eigenvalue weighted by atomic mass is 16.5. The summed E-state index contributed by atoms with van der Waals surface area (Å²) < 4.78 is 10.7. The monoisotopic (exact) mass is 266 g/mol. The minimum absolute atomic E-state index is 0.344. The molecule has 2 amide bonds. The molecular formula is C13H18N2O4. The number of hydrogen-bond acceptors (Lipinski definition) is 4. The van der Waals surface area contributed by atoms with E-state index < -0.39 is 5.91 Å². The third-order valence-corrected chi connectivity index (χ3v) is 2.24. The summed E-state index contributed by atoms with van der Waals surface area (Å²) in [5.74, 6) is 0.295. The first-order valence-electron chi connectivity index (χ1n) is 5.96. The van der Waals surface area contributed by atoms with Crippen molar-refractivity contribution in [3.8, 4) is 11.5 Å². The molecule has 0 aliphatic carbocycles. The first-order valence-corrected chi connectivity index (χ1v) is 5.96. The molecule has 1 rings (SSSR count). The highest BCUT2D eigenvalue weighted by Gasteiger charge is 2.11. The Labute approximate surface area is 112 Å². The van der Waals surface area contributed by atoms with Gasteiger partial charge in [0, 0.05) is 12.5 Å². The Morgan fingerprint density at radius 1 is 1.21 bits per heavy atom. The Morgan fingerprint density at radius 2 is 1.95 bits per heavy atom. The molecule has 6 heteroatoms. The number of rotatable bonds is 5.